The Hall–Kier alpha value is -3.91. The summed E-state index contributed by atoms with van der Waals surface area (Å²) in [5.74, 6) is 0.0127. The van der Waals surface area contributed by atoms with Crippen LogP contribution in [0.15, 0.2) is 78.0 Å². The molecule has 0 fully saturated rings. The highest BCUT2D eigenvalue weighted by Crippen LogP contribution is 2.31. The van der Waals surface area contributed by atoms with Crippen molar-refractivity contribution in [1.82, 2.24) is 14.8 Å². The molecule has 1 heterocycles. The van der Waals surface area contributed by atoms with Gasteiger partial charge in [-0.15, -0.1) is 10.2 Å². The van der Waals surface area contributed by atoms with E-state index in [9.17, 15) is 9.59 Å². The fourth-order valence-electron chi connectivity index (χ4n) is 3.42. The maximum Gasteiger partial charge on any atom is 0.248 e. The number of primary amides is 1. The third kappa shape index (κ3) is 5.18. The number of nitrogens with one attached hydrogen (secondary N) is 1. The minimum atomic E-state index is -0.512. The highest BCUT2D eigenvalue weighted by Gasteiger charge is 2.22. The van der Waals surface area contributed by atoms with Crippen molar-refractivity contribution >= 4 is 29.3 Å². The van der Waals surface area contributed by atoms with Crippen molar-refractivity contribution in [2.45, 2.75) is 31.2 Å². The van der Waals surface area contributed by atoms with Crippen LogP contribution in [0.2, 0.25) is 0 Å². The summed E-state index contributed by atoms with van der Waals surface area (Å²) in [6.07, 6.45) is 0. The molecule has 34 heavy (non-hydrogen) atoms. The molecule has 4 rings (SSSR count). The van der Waals surface area contributed by atoms with Gasteiger partial charge in [-0.3, -0.25) is 14.2 Å². The predicted molar refractivity (Wildman–Crippen MR) is 135 cm³/mol. The van der Waals surface area contributed by atoms with Gasteiger partial charge >= 0.3 is 0 Å². The van der Waals surface area contributed by atoms with E-state index in [2.05, 4.69) is 21.6 Å². The average Bonchev–Trinajstić information content (AvgIpc) is 3.23. The monoisotopic (exact) mass is 471 g/mol. The Balaban J connectivity index is 1.61. The Morgan fingerprint density at radius 2 is 1.65 bits per heavy atom. The van der Waals surface area contributed by atoms with E-state index in [-0.39, 0.29) is 5.91 Å². The first-order valence-corrected chi connectivity index (χ1v) is 11.7. The van der Waals surface area contributed by atoms with Crippen molar-refractivity contribution in [2.75, 3.05) is 5.32 Å². The molecule has 3 N–H and O–H groups in total. The zero-order valence-corrected chi connectivity index (χ0v) is 20.0. The van der Waals surface area contributed by atoms with Gasteiger partial charge in [0.05, 0.1) is 5.25 Å². The molecule has 0 spiro atoms. The number of aromatic nitrogens is 3. The number of thioether (sulfide) groups is 1. The van der Waals surface area contributed by atoms with E-state index in [4.69, 9.17) is 5.73 Å². The molecule has 7 nitrogen and oxygen atoms in total. The quantitative estimate of drug-likeness (QED) is 0.378. The third-order valence-electron chi connectivity index (χ3n) is 5.29. The van der Waals surface area contributed by atoms with Gasteiger partial charge in [-0.25, -0.2) is 0 Å². The van der Waals surface area contributed by atoms with Crippen LogP contribution in [0.25, 0.3) is 17.1 Å². The fraction of sp³-hybridized carbons (Fsp3) is 0.154. The number of rotatable bonds is 7. The minimum Gasteiger partial charge on any atom is -0.366 e. The molecule has 0 bridgehead atoms. The zero-order chi connectivity index (χ0) is 24.2. The number of carbonyl (C=O) groups excluding carboxylic acids is 2. The molecule has 0 radical (unpaired) electrons. The molecule has 0 saturated carbocycles. The summed E-state index contributed by atoms with van der Waals surface area (Å²) in [6, 6.07) is 22.7. The molecule has 0 aliphatic rings. The van der Waals surface area contributed by atoms with Crippen LogP contribution in [0.4, 0.5) is 5.69 Å². The first kappa shape index (κ1) is 23.3. The molecule has 4 aromatic rings. The first-order valence-electron chi connectivity index (χ1n) is 10.8. The second-order valence-electron chi connectivity index (χ2n) is 8.04. The number of amides is 2. The molecule has 0 saturated heterocycles. The first-order chi connectivity index (χ1) is 16.3. The highest BCUT2D eigenvalue weighted by atomic mass is 32.2. The largest absolute Gasteiger partial charge is 0.366 e. The number of anilines is 1. The van der Waals surface area contributed by atoms with E-state index in [1.807, 2.05) is 67.8 Å². The molecule has 1 atom stereocenters. The van der Waals surface area contributed by atoms with E-state index >= 15 is 0 Å². The standard InChI is InChI=1S/C26H25N5O2S/c1-16-7-13-22(14-8-16)31-24(20-6-4-5-17(2)15-20)29-30-26(31)34-18(3)25(33)28-21-11-9-19(10-12-21)23(27)32/h4-15,18H,1-3H3,(H2,27,32)(H,28,33). The summed E-state index contributed by atoms with van der Waals surface area (Å²) < 4.78 is 1.98. The van der Waals surface area contributed by atoms with Gasteiger partial charge in [0.1, 0.15) is 0 Å². The number of nitrogens with two attached hydrogens (primary N) is 1. The second kappa shape index (κ2) is 9.93. The molecule has 2 amide bonds. The summed E-state index contributed by atoms with van der Waals surface area (Å²) in [6.45, 7) is 5.89. The molecule has 172 valence electrons. The van der Waals surface area contributed by atoms with E-state index in [0.29, 0.717) is 22.2 Å². The number of carbonyl (C=O) groups is 2. The van der Waals surface area contributed by atoms with E-state index in [0.717, 1.165) is 22.4 Å². The summed E-state index contributed by atoms with van der Waals surface area (Å²) >= 11 is 1.33. The number of benzene rings is 3. The fourth-order valence-corrected chi connectivity index (χ4v) is 4.28. The highest BCUT2D eigenvalue weighted by molar-refractivity contribution is 8.00. The number of aryl methyl sites for hydroxylation is 2. The average molecular weight is 472 g/mol. The zero-order valence-electron chi connectivity index (χ0n) is 19.1. The molecule has 0 aliphatic heterocycles. The second-order valence-corrected chi connectivity index (χ2v) is 9.35. The van der Waals surface area contributed by atoms with Gasteiger partial charge in [0.15, 0.2) is 11.0 Å². The van der Waals surface area contributed by atoms with Gasteiger partial charge in [-0.1, -0.05) is 53.2 Å². The number of hydrogen-bond acceptors (Lipinski definition) is 5. The Bertz CT molecular complexity index is 1330. The van der Waals surface area contributed by atoms with Crippen LogP contribution >= 0.6 is 11.8 Å². The predicted octanol–water partition coefficient (Wildman–Crippen LogP) is 4.77. The maximum atomic E-state index is 12.9. The lowest BCUT2D eigenvalue weighted by atomic mass is 10.1. The van der Waals surface area contributed by atoms with Crippen molar-refractivity contribution in [3.63, 3.8) is 0 Å². The minimum absolute atomic E-state index is 0.188. The normalized spacial score (nSPS) is 11.7. The van der Waals surface area contributed by atoms with Gasteiger partial charge < -0.3 is 11.1 Å². The third-order valence-corrected chi connectivity index (χ3v) is 6.33. The summed E-state index contributed by atoms with van der Waals surface area (Å²) in [5, 5.41) is 11.9. The molecule has 0 aliphatic carbocycles. The molecule has 1 aromatic heterocycles. The Morgan fingerprint density at radius 3 is 2.29 bits per heavy atom. The molecule has 1 unspecified atom stereocenters. The Labute approximate surface area is 202 Å². The molecular weight excluding hydrogens is 446 g/mol. The lowest BCUT2D eigenvalue weighted by Gasteiger charge is -2.14. The molecule has 3 aromatic carbocycles. The van der Waals surface area contributed by atoms with Crippen LogP contribution < -0.4 is 11.1 Å². The van der Waals surface area contributed by atoms with Gasteiger partial charge in [-0.2, -0.15) is 0 Å². The lowest BCUT2D eigenvalue weighted by Crippen LogP contribution is -2.23. The number of hydrogen-bond donors (Lipinski definition) is 2. The van der Waals surface area contributed by atoms with Crippen molar-refractivity contribution in [1.29, 1.82) is 0 Å². The molecular formula is C26H25N5O2S. The van der Waals surface area contributed by atoms with Crippen LogP contribution in [-0.2, 0) is 4.79 Å². The van der Waals surface area contributed by atoms with E-state index < -0.39 is 11.2 Å². The van der Waals surface area contributed by atoms with Crippen LogP contribution in [0.1, 0.15) is 28.4 Å². The summed E-state index contributed by atoms with van der Waals surface area (Å²) in [4.78, 5) is 24.1. The van der Waals surface area contributed by atoms with Crippen LogP contribution in [0, 0.1) is 13.8 Å². The summed E-state index contributed by atoms with van der Waals surface area (Å²) in [5.41, 5.74) is 10.4. The van der Waals surface area contributed by atoms with Crippen LogP contribution in [-0.4, -0.2) is 31.8 Å². The Kier molecular flexibility index (Phi) is 6.79. The van der Waals surface area contributed by atoms with E-state index in [1.54, 1.807) is 24.3 Å². The van der Waals surface area contributed by atoms with Gasteiger partial charge in [0.25, 0.3) is 0 Å². The Morgan fingerprint density at radius 1 is 0.941 bits per heavy atom. The van der Waals surface area contributed by atoms with Crippen molar-refractivity contribution in [2.24, 2.45) is 5.73 Å². The SMILES string of the molecule is Cc1ccc(-n2c(SC(C)C(=O)Nc3ccc(C(N)=O)cc3)nnc2-c2cccc(C)c2)cc1. The van der Waals surface area contributed by atoms with Crippen molar-refractivity contribution < 1.29 is 9.59 Å². The maximum absolute atomic E-state index is 12.9. The van der Waals surface area contributed by atoms with Crippen LogP contribution in [0.3, 0.4) is 0 Å². The molecule has 8 heteroatoms. The van der Waals surface area contributed by atoms with E-state index in [1.165, 1.54) is 11.8 Å². The smallest absolute Gasteiger partial charge is 0.248 e. The van der Waals surface area contributed by atoms with Gasteiger partial charge in [0.2, 0.25) is 11.8 Å². The van der Waals surface area contributed by atoms with Gasteiger partial charge in [-0.05, 0) is 63.2 Å². The topological polar surface area (TPSA) is 103 Å². The lowest BCUT2D eigenvalue weighted by molar-refractivity contribution is -0.115. The van der Waals surface area contributed by atoms with Gasteiger partial charge in [0, 0.05) is 22.5 Å². The van der Waals surface area contributed by atoms with Crippen molar-refractivity contribution in [3.8, 4) is 17.1 Å². The summed E-state index contributed by atoms with van der Waals surface area (Å²) in [7, 11) is 0. The van der Waals surface area contributed by atoms with Crippen molar-refractivity contribution in [3.05, 3.63) is 89.5 Å². The van der Waals surface area contributed by atoms with Crippen LogP contribution in [0.5, 0.6) is 0 Å². The number of nitrogens with zero attached hydrogens (tertiary/aromatic N) is 3.